The van der Waals surface area contributed by atoms with Crippen LogP contribution in [0.4, 0.5) is 8.78 Å². The summed E-state index contributed by atoms with van der Waals surface area (Å²) < 4.78 is 28.4. The zero-order chi connectivity index (χ0) is 20.0. The van der Waals surface area contributed by atoms with E-state index < -0.39 is 0 Å². The molecular formula is C23H21F2N3O. The fourth-order valence-electron chi connectivity index (χ4n) is 4.08. The molecule has 2 aliphatic rings. The maximum Gasteiger partial charge on any atom is 0.275 e. The number of benzene rings is 2. The van der Waals surface area contributed by atoms with Gasteiger partial charge in [0.2, 0.25) is 0 Å². The number of hydrogen-bond donors (Lipinski definition) is 0. The first-order chi connectivity index (χ1) is 14.1. The molecule has 0 bridgehead atoms. The first kappa shape index (κ1) is 18.0. The zero-order valence-electron chi connectivity index (χ0n) is 15.9. The van der Waals surface area contributed by atoms with Crippen LogP contribution < -0.4 is 0 Å². The molecule has 1 heterocycles. The first-order valence-electron chi connectivity index (χ1n) is 10.0. The number of amides is 1. The molecule has 1 fully saturated rings. The summed E-state index contributed by atoms with van der Waals surface area (Å²) in [5, 5.41) is 4.66. The van der Waals surface area contributed by atoms with Gasteiger partial charge >= 0.3 is 0 Å². The highest BCUT2D eigenvalue weighted by Gasteiger charge is 2.37. The molecule has 0 saturated heterocycles. The summed E-state index contributed by atoms with van der Waals surface area (Å²) in [5.41, 5.74) is 4.21. The van der Waals surface area contributed by atoms with E-state index in [4.69, 9.17) is 0 Å². The normalized spacial score (nSPS) is 15.4. The Morgan fingerprint density at radius 1 is 1.00 bits per heavy atom. The maximum atomic E-state index is 13.5. The molecule has 148 valence electrons. The lowest BCUT2D eigenvalue weighted by Crippen LogP contribution is -2.33. The van der Waals surface area contributed by atoms with Crippen molar-refractivity contribution in [3.05, 3.63) is 82.7 Å². The highest BCUT2D eigenvalue weighted by molar-refractivity contribution is 5.94. The van der Waals surface area contributed by atoms with Gasteiger partial charge in [0, 0.05) is 23.8 Å². The molecule has 0 N–H and O–H groups in total. The predicted molar refractivity (Wildman–Crippen MR) is 105 cm³/mol. The largest absolute Gasteiger partial charge is 0.330 e. The molecule has 4 nitrogen and oxygen atoms in total. The number of carbonyl (C=O) groups excluding carboxylic acids is 1. The van der Waals surface area contributed by atoms with Crippen molar-refractivity contribution in [3.8, 4) is 5.69 Å². The summed E-state index contributed by atoms with van der Waals surface area (Å²) in [6.45, 7) is 0.446. The predicted octanol–water partition coefficient (Wildman–Crippen LogP) is 4.44. The smallest absolute Gasteiger partial charge is 0.275 e. The SMILES string of the molecule is O=C(c1nn(-c2ccc(F)cc2)c2c1CCC2)N(Cc1ccc(F)cc1)C1CC1. The van der Waals surface area contributed by atoms with E-state index in [1.165, 1.54) is 24.3 Å². The molecule has 0 spiro atoms. The quantitative estimate of drug-likeness (QED) is 0.643. The van der Waals surface area contributed by atoms with Gasteiger partial charge in [0.05, 0.1) is 5.69 Å². The van der Waals surface area contributed by atoms with Gasteiger partial charge in [0.25, 0.3) is 5.91 Å². The Hall–Kier alpha value is -3.02. The highest BCUT2D eigenvalue weighted by Crippen LogP contribution is 2.33. The van der Waals surface area contributed by atoms with Crippen molar-refractivity contribution < 1.29 is 13.6 Å². The number of aromatic nitrogens is 2. The molecule has 0 aliphatic heterocycles. The minimum absolute atomic E-state index is 0.0733. The van der Waals surface area contributed by atoms with Gasteiger partial charge in [-0.2, -0.15) is 5.10 Å². The molecule has 6 heteroatoms. The van der Waals surface area contributed by atoms with Crippen molar-refractivity contribution in [2.75, 3.05) is 0 Å². The maximum absolute atomic E-state index is 13.5. The Bertz CT molecular complexity index is 1050. The minimum Gasteiger partial charge on any atom is -0.330 e. The van der Waals surface area contributed by atoms with Gasteiger partial charge < -0.3 is 4.90 Å². The van der Waals surface area contributed by atoms with E-state index in [2.05, 4.69) is 5.10 Å². The van der Waals surface area contributed by atoms with Gasteiger partial charge in [-0.15, -0.1) is 0 Å². The van der Waals surface area contributed by atoms with Gasteiger partial charge in [-0.25, -0.2) is 13.5 Å². The zero-order valence-corrected chi connectivity index (χ0v) is 15.9. The molecule has 0 radical (unpaired) electrons. The van der Waals surface area contributed by atoms with Gasteiger partial charge in [0.1, 0.15) is 11.6 Å². The fourth-order valence-corrected chi connectivity index (χ4v) is 4.08. The van der Waals surface area contributed by atoms with E-state index in [9.17, 15) is 13.6 Å². The van der Waals surface area contributed by atoms with E-state index in [0.29, 0.717) is 12.2 Å². The van der Waals surface area contributed by atoms with Crippen LogP contribution >= 0.6 is 0 Å². The van der Waals surface area contributed by atoms with E-state index in [0.717, 1.165) is 54.6 Å². The number of nitrogens with zero attached hydrogens (tertiary/aromatic N) is 3. The van der Waals surface area contributed by atoms with Crippen LogP contribution in [-0.4, -0.2) is 26.6 Å². The average molecular weight is 393 g/mol. The summed E-state index contributed by atoms with van der Waals surface area (Å²) in [6.07, 6.45) is 4.62. The van der Waals surface area contributed by atoms with Gasteiger partial charge in [-0.1, -0.05) is 12.1 Å². The highest BCUT2D eigenvalue weighted by atomic mass is 19.1. The number of carbonyl (C=O) groups is 1. The Morgan fingerprint density at radius 2 is 1.66 bits per heavy atom. The summed E-state index contributed by atoms with van der Waals surface area (Å²) in [7, 11) is 0. The molecule has 2 aromatic carbocycles. The molecular weight excluding hydrogens is 372 g/mol. The summed E-state index contributed by atoms with van der Waals surface area (Å²) in [5.74, 6) is -0.655. The van der Waals surface area contributed by atoms with Crippen molar-refractivity contribution >= 4 is 5.91 Å². The fraction of sp³-hybridized carbons (Fsp3) is 0.304. The molecule has 1 amide bonds. The Labute approximate surface area is 167 Å². The number of hydrogen-bond acceptors (Lipinski definition) is 2. The molecule has 5 rings (SSSR count). The van der Waals surface area contributed by atoms with Crippen molar-refractivity contribution in [1.29, 1.82) is 0 Å². The van der Waals surface area contributed by atoms with Crippen LogP contribution in [-0.2, 0) is 19.4 Å². The molecule has 29 heavy (non-hydrogen) atoms. The molecule has 1 aromatic heterocycles. The third kappa shape index (κ3) is 3.43. The van der Waals surface area contributed by atoms with Gasteiger partial charge in [-0.05, 0) is 74.1 Å². The second-order valence-corrected chi connectivity index (χ2v) is 7.81. The lowest BCUT2D eigenvalue weighted by molar-refractivity contribution is 0.0722. The van der Waals surface area contributed by atoms with Crippen LogP contribution in [0.25, 0.3) is 5.69 Å². The monoisotopic (exact) mass is 393 g/mol. The molecule has 0 unspecified atom stereocenters. The lowest BCUT2D eigenvalue weighted by atomic mass is 10.1. The van der Waals surface area contributed by atoms with Crippen LogP contribution in [0.1, 0.15) is 46.6 Å². The Morgan fingerprint density at radius 3 is 2.31 bits per heavy atom. The van der Waals surface area contributed by atoms with Gasteiger partial charge in [0.15, 0.2) is 5.69 Å². The third-order valence-corrected chi connectivity index (χ3v) is 5.72. The minimum atomic E-state index is -0.298. The molecule has 3 aromatic rings. The van der Waals surface area contributed by atoms with Crippen molar-refractivity contribution in [2.24, 2.45) is 0 Å². The van der Waals surface area contributed by atoms with Gasteiger partial charge in [-0.3, -0.25) is 4.79 Å². The number of rotatable bonds is 5. The van der Waals surface area contributed by atoms with Crippen LogP contribution in [0.15, 0.2) is 48.5 Å². The van der Waals surface area contributed by atoms with E-state index >= 15 is 0 Å². The third-order valence-electron chi connectivity index (χ3n) is 5.72. The second kappa shape index (κ2) is 7.10. The summed E-state index contributed by atoms with van der Waals surface area (Å²) in [6, 6.07) is 12.7. The Balaban J connectivity index is 1.49. The summed E-state index contributed by atoms with van der Waals surface area (Å²) in [4.78, 5) is 15.3. The van der Waals surface area contributed by atoms with Crippen LogP contribution in [0, 0.1) is 11.6 Å². The molecule has 1 saturated carbocycles. The standard InChI is InChI=1S/C23H21F2N3O/c24-16-6-4-15(5-7-16)14-27(18-12-13-18)23(29)22-20-2-1-3-21(20)28(26-22)19-10-8-17(25)9-11-19/h4-11,18H,1-3,12-14H2. The van der Waals surface area contributed by atoms with Crippen molar-refractivity contribution in [1.82, 2.24) is 14.7 Å². The number of halogens is 2. The topological polar surface area (TPSA) is 38.1 Å². The van der Waals surface area contributed by atoms with Crippen molar-refractivity contribution in [3.63, 3.8) is 0 Å². The van der Waals surface area contributed by atoms with E-state index in [1.54, 1.807) is 28.9 Å². The second-order valence-electron chi connectivity index (χ2n) is 7.81. The molecule has 0 atom stereocenters. The Kier molecular flexibility index (Phi) is 4.42. The average Bonchev–Trinajstić information content (AvgIpc) is 3.33. The van der Waals surface area contributed by atoms with E-state index in [1.807, 2.05) is 4.90 Å². The molecule has 2 aliphatic carbocycles. The van der Waals surface area contributed by atoms with Crippen LogP contribution in [0.2, 0.25) is 0 Å². The lowest BCUT2D eigenvalue weighted by Gasteiger charge is -2.22. The summed E-state index contributed by atoms with van der Waals surface area (Å²) >= 11 is 0. The van der Waals surface area contributed by atoms with Crippen molar-refractivity contribution in [2.45, 2.75) is 44.7 Å². The first-order valence-corrected chi connectivity index (χ1v) is 10.0. The number of fused-ring (bicyclic) bond motifs is 1. The van der Waals surface area contributed by atoms with E-state index in [-0.39, 0.29) is 23.6 Å². The van der Waals surface area contributed by atoms with Crippen LogP contribution in [0.3, 0.4) is 0 Å². The van der Waals surface area contributed by atoms with Crippen LogP contribution in [0.5, 0.6) is 0 Å².